The zero-order valence-corrected chi connectivity index (χ0v) is 20.6. The van der Waals surface area contributed by atoms with Crippen LogP contribution in [0.3, 0.4) is 0 Å². The molecule has 1 amide bonds. The summed E-state index contributed by atoms with van der Waals surface area (Å²) in [5, 5.41) is 25.1. The Morgan fingerprint density at radius 1 is 1.15 bits per heavy atom. The van der Waals surface area contributed by atoms with Crippen molar-refractivity contribution in [3.63, 3.8) is 0 Å². The number of carbonyl (C=O) groups excluding carboxylic acids is 1. The van der Waals surface area contributed by atoms with E-state index in [9.17, 15) is 10.1 Å². The number of anilines is 1. The van der Waals surface area contributed by atoms with Crippen molar-refractivity contribution < 1.29 is 4.79 Å². The molecule has 0 spiro atoms. The normalized spacial score (nSPS) is 11.7. The van der Waals surface area contributed by atoms with E-state index in [1.807, 2.05) is 41.0 Å². The van der Waals surface area contributed by atoms with Gasteiger partial charge in [0.2, 0.25) is 5.91 Å². The first-order valence-corrected chi connectivity index (χ1v) is 12.4. The van der Waals surface area contributed by atoms with Crippen LogP contribution < -0.4 is 5.32 Å². The predicted molar refractivity (Wildman–Crippen MR) is 134 cm³/mol. The third kappa shape index (κ3) is 5.32. The van der Waals surface area contributed by atoms with E-state index in [4.69, 9.17) is 0 Å². The summed E-state index contributed by atoms with van der Waals surface area (Å²) in [5.74, 6) is 1.56. The number of hydrogen-bond acceptors (Lipinski definition) is 7. The molecule has 1 unspecified atom stereocenters. The molecule has 34 heavy (non-hydrogen) atoms. The van der Waals surface area contributed by atoms with Gasteiger partial charge in [0.15, 0.2) is 5.16 Å². The second-order valence-corrected chi connectivity index (χ2v) is 9.92. The summed E-state index contributed by atoms with van der Waals surface area (Å²) in [7, 11) is 1.68. The van der Waals surface area contributed by atoms with Gasteiger partial charge in [0.25, 0.3) is 0 Å². The van der Waals surface area contributed by atoms with E-state index in [2.05, 4.69) is 51.8 Å². The van der Waals surface area contributed by atoms with Crippen molar-refractivity contribution >= 4 is 35.2 Å². The fraction of sp³-hybridized carbons (Fsp3) is 0.208. The fourth-order valence-corrected chi connectivity index (χ4v) is 4.88. The third-order valence-corrected chi connectivity index (χ3v) is 7.11. The van der Waals surface area contributed by atoms with E-state index in [0.29, 0.717) is 22.3 Å². The number of amides is 1. The molecule has 10 heteroatoms. The maximum atomic E-state index is 12.9. The number of nitriles is 1. The summed E-state index contributed by atoms with van der Waals surface area (Å²) in [5.41, 5.74) is 2.47. The molecule has 0 aliphatic heterocycles. The highest BCUT2D eigenvalue weighted by Crippen LogP contribution is 2.30. The number of carbonyl (C=O) groups is 1. The first-order valence-electron chi connectivity index (χ1n) is 10.5. The maximum Gasteiger partial charge on any atom is 0.238 e. The molecule has 2 heterocycles. The van der Waals surface area contributed by atoms with Crippen molar-refractivity contribution in [2.75, 3.05) is 5.32 Å². The number of thioether (sulfide) groups is 2. The van der Waals surface area contributed by atoms with E-state index in [1.54, 1.807) is 25.7 Å². The summed E-state index contributed by atoms with van der Waals surface area (Å²) in [6.45, 7) is 3.86. The molecular weight excluding hydrogens is 466 g/mol. The molecule has 2 aromatic heterocycles. The van der Waals surface area contributed by atoms with Crippen molar-refractivity contribution in [1.29, 1.82) is 5.26 Å². The minimum Gasteiger partial charge on any atom is -0.309 e. The van der Waals surface area contributed by atoms with Gasteiger partial charge in [-0.1, -0.05) is 47.7 Å². The fourth-order valence-electron chi connectivity index (χ4n) is 3.19. The van der Waals surface area contributed by atoms with Crippen LogP contribution in [0.4, 0.5) is 5.82 Å². The zero-order valence-electron chi connectivity index (χ0n) is 19.0. The van der Waals surface area contributed by atoms with Gasteiger partial charge in [-0.25, -0.2) is 0 Å². The number of aryl methyl sites for hydroxylation is 2. The Hall–Kier alpha value is -3.55. The lowest BCUT2D eigenvalue weighted by atomic mass is 10.2. The Morgan fingerprint density at radius 2 is 1.88 bits per heavy atom. The molecule has 172 valence electrons. The summed E-state index contributed by atoms with van der Waals surface area (Å²) in [6.07, 6.45) is 1.43. The van der Waals surface area contributed by atoms with Crippen LogP contribution in [0.25, 0.3) is 5.69 Å². The van der Waals surface area contributed by atoms with Crippen LogP contribution in [0.1, 0.15) is 23.9 Å². The van der Waals surface area contributed by atoms with Gasteiger partial charge in [0.05, 0.1) is 17.2 Å². The monoisotopic (exact) mass is 489 g/mol. The van der Waals surface area contributed by atoms with Crippen LogP contribution in [-0.4, -0.2) is 35.7 Å². The molecule has 0 saturated heterocycles. The number of para-hydroxylation sites is 1. The molecule has 0 fully saturated rings. The van der Waals surface area contributed by atoms with Crippen LogP contribution in [-0.2, 0) is 17.6 Å². The topological polar surface area (TPSA) is 101 Å². The quantitative estimate of drug-likeness (QED) is 0.361. The molecule has 2 aromatic carbocycles. The molecule has 4 rings (SSSR count). The lowest BCUT2D eigenvalue weighted by Gasteiger charge is -2.14. The number of hydrogen-bond donors (Lipinski definition) is 1. The molecule has 0 bridgehead atoms. The first kappa shape index (κ1) is 23.6. The number of nitrogens with zero attached hydrogens (tertiary/aromatic N) is 6. The van der Waals surface area contributed by atoms with Crippen molar-refractivity contribution in [2.24, 2.45) is 7.05 Å². The second-order valence-electron chi connectivity index (χ2n) is 7.56. The number of nitrogens with one attached hydrogen (secondary N) is 1. The summed E-state index contributed by atoms with van der Waals surface area (Å²) in [6, 6.07) is 20.3. The average molecular weight is 490 g/mol. The van der Waals surface area contributed by atoms with Crippen LogP contribution >= 0.6 is 23.5 Å². The molecule has 8 nitrogen and oxygen atoms in total. The van der Waals surface area contributed by atoms with Crippen LogP contribution in [0, 0.1) is 18.3 Å². The maximum absolute atomic E-state index is 12.9. The lowest BCUT2D eigenvalue weighted by molar-refractivity contribution is -0.115. The average Bonchev–Trinajstić information content (AvgIpc) is 3.41. The molecule has 0 radical (unpaired) electrons. The highest BCUT2D eigenvalue weighted by molar-refractivity contribution is 8.00. The Labute approximate surface area is 206 Å². The van der Waals surface area contributed by atoms with Gasteiger partial charge < -0.3 is 5.32 Å². The molecule has 4 aromatic rings. The van der Waals surface area contributed by atoms with Gasteiger partial charge in [0, 0.05) is 17.6 Å². The number of aromatic nitrogens is 5. The van der Waals surface area contributed by atoms with E-state index in [0.717, 1.165) is 16.4 Å². The Kier molecular flexibility index (Phi) is 7.35. The van der Waals surface area contributed by atoms with Gasteiger partial charge in [-0.3, -0.25) is 14.0 Å². The van der Waals surface area contributed by atoms with E-state index >= 15 is 0 Å². The number of rotatable bonds is 8. The Bertz CT molecular complexity index is 1320. The Balaban J connectivity index is 1.55. The van der Waals surface area contributed by atoms with Crippen molar-refractivity contribution in [3.05, 3.63) is 77.7 Å². The van der Waals surface area contributed by atoms with Gasteiger partial charge in [-0.15, -0.1) is 22.0 Å². The van der Waals surface area contributed by atoms with Gasteiger partial charge in [0.1, 0.15) is 23.3 Å². The molecule has 0 aliphatic carbocycles. The largest absolute Gasteiger partial charge is 0.309 e. The molecule has 1 N–H and O–H groups in total. The van der Waals surface area contributed by atoms with E-state index in [1.165, 1.54) is 28.2 Å². The minimum absolute atomic E-state index is 0.247. The summed E-state index contributed by atoms with van der Waals surface area (Å²) < 4.78 is 3.46. The van der Waals surface area contributed by atoms with E-state index in [-0.39, 0.29) is 5.91 Å². The molecule has 0 aliphatic rings. The zero-order chi connectivity index (χ0) is 24.1. The van der Waals surface area contributed by atoms with Crippen molar-refractivity contribution in [3.8, 4) is 11.8 Å². The van der Waals surface area contributed by atoms with Gasteiger partial charge >= 0.3 is 0 Å². The van der Waals surface area contributed by atoms with Gasteiger partial charge in [-0.05, 0) is 38.1 Å². The highest BCUT2D eigenvalue weighted by Gasteiger charge is 2.23. The predicted octanol–water partition coefficient (Wildman–Crippen LogP) is 4.59. The van der Waals surface area contributed by atoms with Crippen LogP contribution in [0.2, 0.25) is 0 Å². The molecular formula is C24H23N7OS2. The molecule has 0 saturated carbocycles. The standard InChI is InChI=1S/C24H23N7OS2/c1-16-9-11-20(12-10-16)33-15-21-28-29-24(31(21)19-7-5-4-6-8-19)34-17(2)23(32)27-22-18(13-25)14-26-30(22)3/h4-12,14,17H,15H2,1-3H3,(H,27,32). The van der Waals surface area contributed by atoms with Crippen molar-refractivity contribution in [2.45, 2.75) is 34.9 Å². The van der Waals surface area contributed by atoms with Crippen molar-refractivity contribution in [1.82, 2.24) is 24.5 Å². The molecule has 1 atom stereocenters. The minimum atomic E-state index is -0.481. The smallest absolute Gasteiger partial charge is 0.238 e. The van der Waals surface area contributed by atoms with Crippen LogP contribution in [0.5, 0.6) is 0 Å². The lowest BCUT2D eigenvalue weighted by Crippen LogP contribution is -2.24. The number of benzene rings is 2. The highest BCUT2D eigenvalue weighted by atomic mass is 32.2. The SMILES string of the molecule is Cc1ccc(SCc2nnc(SC(C)C(=O)Nc3c(C#N)cnn3C)n2-c2ccccc2)cc1. The second kappa shape index (κ2) is 10.6. The summed E-state index contributed by atoms with van der Waals surface area (Å²) >= 11 is 3.00. The van der Waals surface area contributed by atoms with Gasteiger partial charge in [-0.2, -0.15) is 10.4 Å². The van der Waals surface area contributed by atoms with E-state index < -0.39 is 5.25 Å². The third-order valence-electron chi connectivity index (χ3n) is 5.06. The Morgan fingerprint density at radius 3 is 2.59 bits per heavy atom. The van der Waals surface area contributed by atoms with Crippen LogP contribution in [0.15, 0.2) is 70.8 Å². The summed E-state index contributed by atoms with van der Waals surface area (Å²) in [4.78, 5) is 14.0. The first-order chi connectivity index (χ1) is 16.5.